The Morgan fingerprint density at radius 2 is 2.30 bits per heavy atom. The van der Waals surface area contributed by atoms with Crippen LogP contribution < -0.4 is 0 Å². The summed E-state index contributed by atoms with van der Waals surface area (Å²) in [6.07, 6.45) is 3.70. The minimum absolute atomic E-state index is 0.0574. The number of hydrogen-bond acceptors (Lipinski definition) is 6. The van der Waals surface area contributed by atoms with Gasteiger partial charge in [0.2, 0.25) is 5.89 Å². The van der Waals surface area contributed by atoms with Crippen molar-refractivity contribution in [1.82, 2.24) is 24.6 Å². The summed E-state index contributed by atoms with van der Waals surface area (Å²) in [6, 6.07) is 0.0574. The summed E-state index contributed by atoms with van der Waals surface area (Å²) in [5, 5.41) is 3.83. The average Bonchev–Trinajstić information content (AvgIpc) is 3.04. The molecule has 2 aromatic rings. The molecule has 0 aliphatic rings. The van der Waals surface area contributed by atoms with Crippen molar-refractivity contribution in [2.75, 3.05) is 20.8 Å². The van der Waals surface area contributed by atoms with E-state index in [4.69, 9.17) is 9.26 Å². The number of ether oxygens (including phenoxy) is 1. The van der Waals surface area contributed by atoms with Crippen LogP contribution in [0.1, 0.15) is 30.4 Å². The zero-order chi connectivity index (χ0) is 14.5. The van der Waals surface area contributed by atoms with Crippen LogP contribution >= 0.6 is 0 Å². The van der Waals surface area contributed by atoms with Gasteiger partial charge in [0.15, 0.2) is 5.82 Å². The number of imidazole rings is 1. The van der Waals surface area contributed by atoms with Gasteiger partial charge >= 0.3 is 0 Å². The summed E-state index contributed by atoms with van der Waals surface area (Å²) < 4.78 is 12.4. The number of hydrogen-bond donors (Lipinski definition) is 0. The smallest absolute Gasteiger partial charge is 0.243 e. The van der Waals surface area contributed by atoms with Gasteiger partial charge in [0.1, 0.15) is 0 Å². The van der Waals surface area contributed by atoms with Crippen LogP contribution in [0, 0.1) is 6.92 Å². The Kier molecular flexibility index (Phi) is 4.86. The van der Waals surface area contributed by atoms with Crippen LogP contribution in [-0.2, 0) is 17.8 Å². The average molecular weight is 279 g/mol. The Labute approximate surface area is 118 Å². The van der Waals surface area contributed by atoms with Crippen LogP contribution in [0.5, 0.6) is 0 Å². The number of aromatic nitrogens is 4. The topological polar surface area (TPSA) is 69.2 Å². The molecule has 2 heterocycles. The highest BCUT2D eigenvalue weighted by atomic mass is 16.5. The van der Waals surface area contributed by atoms with Crippen molar-refractivity contribution >= 4 is 0 Å². The number of aryl methyl sites for hydroxylation is 1. The molecule has 1 atom stereocenters. The zero-order valence-electron chi connectivity index (χ0n) is 12.4. The predicted octanol–water partition coefficient (Wildman–Crippen LogP) is 1.41. The molecule has 110 valence electrons. The number of methoxy groups -OCH3 is 1. The van der Waals surface area contributed by atoms with Gasteiger partial charge in [0.05, 0.1) is 24.7 Å². The Morgan fingerprint density at radius 1 is 1.50 bits per heavy atom. The van der Waals surface area contributed by atoms with Crippen molar-refractivity contribution < 1.29 is 9.26 Å². The third-order valence-electron chi connectivity index (χ3n) is 3.31. The SMILES string of the molecule is COCCn1cncc1CN(C)C(C)c1nc(C)no1. The molecule has 0 saturated carbocycles. The van der Waals surface area contributed by atoms with E-state index in [1.165, 1.54) is 0 Å². The van der Waals surface area contributed by atoms with Crippen LogP contribution in [0.25, 0.3) is 0 Å². The maximum atomic E-state index is 5.22. The molecule has 0 aliphatic carbocycles. The van der Waals surface area contributed by atoms with E-state index in [9.17, 15) is 0 Å². The fraction of sp³-hybridized carbons (Fsp3) is 0.615. The maximum Gasteiger partial charge on any atom is 0.243 e. The predicted molar refractivity (Wildman–Crippen MR) is 73.0 cm³/mol. The molecule has 0 fully saturated rings. The highest BCUT2D eigenvalue weighted by molar-refractivity contribution is 5.00. The van der Waals surface area contributed by atoms with E-state index < -0.39 is 0 Å². The second kappa shape index (κ2) is 6.62. The Balaban J connectivity index is 2.00. The normalized spacial score (nSPS) is 13.1. The lowest BCUT2D eigenvalue weighted by molar-refractivity contribution is 0.179. The minimum atomic E-state index is 0.0574. The molecule has 20 heavy (non-hydrogen) atoms. The van der Waals surface area contributed by atoms with Crippen LogP contribution in [0.2, 0.25) is 0 Å². The standard InChI is InChI=1S/C13H21N5O2/c1-10(13-15-11(2)16-20-13)17(3)8-12-7-14-9-18(12)5-6-19-4/h7,9-10H,5-6,8H2,1-4H3. The van der Waals surface area contributed by atoms with E-state index in [1.54, 1.807) is 7.11 Å². The lowest BCUT2D eigenvalue weighted by Gasteiger charge is -2.22. The van der Waals surface area contributed by atoms with Gasteiger partial charge in [-0.25, -0.2) is 4.98 Å². The first kappa shape index (κ1) is 14.7. The van der Waals surface area contributed by atoms with Gasteiger partial charge in [-0.1, -0.05) is 5.16 Å². The van der Waals surface area contributed by atoms with Gasteiger partial charge in [0.25, 0.3) is 0 Å². The first-order valence-electron chi connectivity index (χ1n) is 6.60. The summed E-state index contributed by atoms with van der Waals surface area (Å²) in [4.78, 5) is 10.6. The molecule has 0 saturated heterocycles. The van der Waals surface area contributed by atoms with Crippen molar-refractivity contribution in [1.29, 1.82) is 0 Å². The third-order valence-corrected chi connectivity index (χ3v) is 3.31. The molecule has 0 aliphatic heterocycles. The lowest BCUT2D eigenvalue weighted by Crippen LogP contribution is -2.24. The van der Waals surface area contributed by atoms with E-state index >= 15 is 0 Å². The van der Waals surface area contributed by atoms with Crippen LogP contribution in [0.4, 0.5) is 0 Å². The molecule has 0 N–H and O–H groups in total. The molecule has 2 aromatic heterocycles. The Bertz CT molecular complexity index is 536. The fourth-order valence-corrected chi connectivity index (χ4v) is 1.93. The first-order valence-corrected chi connectivity index (χ1v) is 6.60. The summed E-state index contributed by atoms with van der Waals surface area (Å²) >= 11 is 0. The summed E-state index contributed by atoms with van der Waals surface area (Å²) in [5.74, 6) is 1.29. The monoisotopic (exact) mass is 279 g/mol. The summed E-state index contributed by atoms with van der Waals surface area (Å²) in [5.41, 5.74) is 1.13. The van der Waals surface area contributed by atoms with E-state index in [0.717, 1.165) is 18.8 Å². The number of rotatable bonds is 7. The van der Waals surface area contributed by atoms with Gasteiger partial charge < -0.3 is 13.8 Å². The van der Waals surface area contributed by atoms with Gasteiger partial charge in [-0.3, -0.25) is 4.90 Å². The van der Waals surface area contributed by atoms with Gasteiger partial charge in [-0.2, -0.15) is 4.98 Å². The number of nitrogens with zero attached hydrogens (tertiary/aromatic N) is 5. The maximum absolute atomic E-state index is 5.22. The molecule has 0 bridgehead atoms. The Hall–Kier alpha value is -1.73. The van der Waals surface area contributed by atoms with Crippen molar-refractivity contribution in [3.8, 4) is 0 Å². The highest BCUT2D eigenvalue weighted by Gasteiger charge is 2.19. The van der Waals surface area contributed by atoms with E-state index in [1.807, 2.05) is 33.4 Å². The lowest BCUT2D eigenvalue weighted by atomic mass is 10.3. The Morgan fingerprint density at radius 3 is 2.95 bits per heavy atom. The van der Waals surface area contributed by atoms with Crippen molar-refractivity contribution in [2.24, 2.45) is 0 Å². The van der Waals surface area contributed by atoms with Gasteiger partial charge in [-0.15, -0.1) is 0 Å². The summed E-state index contributed by atoms with van der Waals surface area (Å²) in [6.45, 7) is 6.09. The molecule has 0 amide bonds. The molecule has 1 unspecified atom stereocenters. The quantitative estimate of drug-likeness (QED) is 0.763. The fourth-order valence-electron chi connectivity index (χ4n) is 1.93. The van der Waals surface area contributed by atoms with Gasteiger partial charge in [-0.05, 0) is 20.9 Å². The van der Waals surface area contributed by atoms with Crippen molar-refractivity contribution in [3.63, 3.8) is 0 Å². The largest absolute Gasteiger partial charge is 0.383 e. The second-order valence-electron chi connectivity index (χ2n) is 4.84. The van der Waals surface area contributed by atoms with Crippen LogP contribution in [0.3, 0.4) is 0 Å². The molecule has 7 heteroatoms. The van der Waals surface area contributed by atoms with Crippen LogP contribution in [0.15, 0.2) is 17.0 Å². The van der Waals surface area contributed by atoms with Crippen molar-refractivity contribution in [3.05, 3.63) is 29.9 Å². The second-order valence-corrected chi connectivity index (χ2v) is 4.84. The van der Waals surface area contributed by atoms with E-state index in [2.05, 4.69) is 24.6 Å². The van der Waals surface area contributed by atoms with Crippen molar-refractivity contribution in [2.45, 2.75) is 33.0 Å². The van der Waals surface area contributed by atoms with E-state index in [0.29, 0.717) is 18.3 Å². The third kappa shape index (κ3) is 3.43. The molecule has 2 rings (SSSR count). The minimum Gasteiger partial charge on any atom is -0.383 e. The summed E-state index contributed by atoms with van der Waals surface area (Å²) in [7, 11) is 3.72. The van der Waals surface area contributed by atoms with E-state index in [-0.39, 0.29) is 6.04 Å². The molecule has 0 spiro atoms. The zero-order valence-corrected chi connectivity index (χ0v) is 12.4. The van der Waals surface area contributed by atoms with Crippen LogP contribution in [-0.4, -0.2) is 45.4 Å². The molecule has 0 aromatic carbocycles. The molecular weight excluding hydrogens is 258 g/mol. The molecule has 7 nitrogen and oxygen atoms in total. The first-order chi connectivity index (χ1) is 9.61. The molecular formula is C13H21N5O2. The highest BCUT2D eigenvalue weighted by Crippen LogP contribution is 2.18. The van der Waals surface area contributed by atoms with Gasteiger partial charge in [0, 0.05) is 26.4 Å². The molecule has 0 radical (unpaired) electrons.